The third kappa shape index (κ3) is 12.7. The van der Waals surface area contributed by atoms with E-state index in [1.807, 2.05) is 0 Å². The predicted molar refractivity (Wildman–Crippen MR) is 80.3 cm³/mol. The highest BCUT2D eigenvalue weighted by Crippen LogP contribution is 2.17. The second-order valence-electron chi connectivity index (χ2n) is 4.40. The first-order valence-electron chi connectivity index (χ1n) is 5.79. The van der Waals surface area contributed by atoms with Crippen LogP contribution in [0, 0.1) is 0 Å². The Morgan fingerprint density at radius 1 is 0.696 bits per heavy atom. The summed E-state index contributed by atoms with van der Waals surface area (Å²) >= 11 is 0. The summed E-state index contributed by atoms with van der Waals surface area (Å²) in [6.07, 6.45) is 0. The topological polar surface area (TPSA) is 228 Å². The summed E-state index contributed by atoms with van der Waals surface area (Å²) < 4.78 is 21.7. The van der Waals surface area contributed by atoms with E-state index < -0.39 is 54.5 Å². The highest BCUT2D eigenvalue weighted by Gasteiger charge is 2.59. The SMILES string of the molecule is C[SiH](O)O[Si](O)(O)O[Si@@](O)(O[Si@H](O)O[Si](C)(O)O)O[Si](C)(O)O. The Labute approximate surface area is 138 Å². The maximum absolute atomic E-state index is 9.97. The van der Waals surface area contributed by atoms with Crippen molar-refractivity contribution in [1.82, 2.24) is 0 Å². The lowest BCUT2D eigenvalue weighted by atomic mass is 11.9. The molecule has 0 aliphatic heterocycles. The first kappa shape index (κ1) is 23.7. The molecule has 0 aromatic carbocycles. The molecular weight excluding hydrogens is 429 g/mol. The summed E-state index contributed by atoms with van der Waals surface area (Å²) in [4.78, 5) is 83.9. The van der Waals surface area contributed by atoms with Crippen molar-refractivity contribution in [2.75, 3.05) is 0 Å². The molecule has 0 radical (unpaired) electrons. The summed E-state index contributed by atoms with van der Waals surface area (Å²) in [6.45, 7) is 2.66. The molecule has 0 saturated heterocycles. The van der Waals surface area contributed by atoms with Crippen LogP contribution in [0.1, 0.15) is 0 Å². The maximum Gasteiger partial charge on any atom is 0.659 e. The molecule has 0 spiro atoms. The van der Waals surface area contributed by atoms with E-state index in [0.717, 1.165) is 19.6 Å². The van der Waals surface area contributed by atoms with Gasteiger partial charge in [0.15, 0.2) is 0 Å². The highest BCUT2D eigenvalue weighted by atomic mass is 28.5. The molecule has 0 rings (SSSR count). The van der Waals surface area contributed by atoms with Crippen molar-refractivity contribution in [3.63, 3.8) is 0 Å². The second kappa shape index (κ2) is 8.41. The Kier molecular flexibility index (Phi) is 8.69. The molecule has 20 heteroatoms. The highest BCUT2D eigenvalue weighted by molar-refractivity contribution is 6.78. The van der Waals surface area contributed by atoms with Gasteiger partial charge in [0.25, 0.3) is 0 Å². The molecule has 0 aromatic heterocycles. The molecule has 14 nitrogen and oxygen atoms in total. The minimum atomic E-state index is -5.35. The summed E-state index contributed by atoms with van der Waals surface area (Å²) in [5.74, 6) is 0. The first-order chi connectivity index (χ1) is 9.93. The van der Waals surface area contributed by atoms with E-state index in [-0.39, 0.29) is 0 Å². The monoisotopic (exact) mass is 448 g/mol. The van der Waals surface area contributed by atoms with Gasteiger partial charge in [0.05, 0.1) is 0 Å². The van der Waals surface area contributed by atoms with Crippen molar-refractivity contribution in [3.8, 4) is 0 Å². The molecule has 0 saturated carbocycles. The lowest BCUT2D eigenvalue weighted by Crippen LogP contribution is -2.65. The zero-order chi connectivity index (χ0) is 18.7. The standard InChI is InChI=1S/C3H20O14Si6/c1-18(4)13-22(10,11)17-23(12,16-21(3,8)9)15-19(5)14-20(2,6)7/h4-12,18-19H,1-3H3/t18?,19-,23+/m1/s1. The summed E-state index contributed by atoms with van der Waals surface area (Å²) in [5, 5.41) is 0. The van der Waals surface area contributed by atoms with Crippen LogP contribution in [0.5, 0.6) is 0 Å². The molecule has 1 unspecified atom stereocenters. The zero-order valence-corrected chi connectivity index (χ0v) is 18.5. The van der Waals surface area contributed by atoms with Crippen LogP contribution in [0.3, 0.4) is 0 Å². The van der Waals surface area contributed by atoms with Gasteiger partial charge in [-0.3, -0.25) is 0 Å². The molecule has 140 valence electrons. The molecule has 0 amide bonds. The van der Waals surface area contributed by atoms with Crippen LogP contribution >= 0.6 is 0 Å². The molecule has 0 fully saturated rings. The fourth-order valence-electron chi connectivity index (χ4n) is 1.07. The fourth-order valence-corrected chi connectivity index (χ4v) is 11.7. The van der Waals surface area contributed by atoms with Crippen LogP contribution in [0.25, 0.3) is 0 Å². The summed E-state index contributed by atoms with van der Waals surface area (Å²) in [7, 11) is -26.5. The molecule has 3 atom stereocenters. The number of hydrogen-bond acceptors (Lipinski definition) is 14. The number of rotatable bonds is 10. The molecule has 0 bridgehead atoms. The Balaban J connectivity index is 5.17. The van der Waals surface area contributed by atoms with Crippen LogP contribution in [-0.4, -0.2) is 97.7 Å². The van der Waals surface area contributed by atoms with Crippen LogP contribution in [-0.2, 0) is 20.6 Å². The van der Waals surface area contributed by atoms with E-state index in [2.05, 4.69) is 20.6 Å². The van der Waals surface area contributed by atoms with Gasteiger partial charge in [0.1, 0.15) is 0 Å². The molecule has 0 aromatic rings. The summed E-state index contributed by atoms with van der Waals surface area (Å²) in [5.41, 5.74) is 0. The first-order valence-corrected chi connectivity index (χ1v) is 17.4. The van der Waals surface area contributed by atoms with E-state index in [1.165, 1.54) is 0 Å². The van der Waals surface area contributed by atoms with Gasteiger partial charge in [0, 0.05) is 13.1 Å². The molecule has 9 N–H and O–H groups in total. The van der Waals surface area contributed by atoms with Crippen LogP contribution in [0.4, 0.5) is 0 Å². The molecule has 0 aliphatic rings. The van der Waals surface area contributed by atoms with E-state index in [1.54, 1.807) is 0 Å². The minimum absolute atomic E-state index is 0.728. The Hall–Kier alpha value is 0.741. The van der Waals surface area contributed by atoms with Crippen molar-refractivity contribution in [3.05, 3.63) is 0 Å². The largest absolute Gasteiger partial charge is 0.659 e. The maximum atomic E-state index is 9.97. The predicted octanol–water partition coefficient (Wildman–Crippen LogP) is -6.42. The third-order valence-corrected chi connectivity index (χ3v) is 13.3. The van der Waals surface area contributed by atoms with Gasteiger partial charge in [-0.05, 0) is 6.55 Å². The van der Waals surface area contributed by atoms with Crippen molar-refractivity contribution >= 4 is 54.5 Å². The van der Waals surface area contributed by atoms with Crippen molar-refractivity contribution in [2.24, 2.45) is 0 Å². The average Bonchev–Trinajstić information content (AvgIpc) is 2.03. The van der Waals surface area contributed by atoms with Crippen LogP contribution in [0.2, 0.25) is 19.6 Å². The van der Waals surface area contributed by atoms with Gasteiger partial charge in [0.2, 0.25) is 0 Å². The molecule has 0 heterocycles. The average molecular weight is 449 g/mol. The Morgan fingerprint density at radius 2 is 1.17 bits per heavy atom. The van der Waals surface area contributed by atoms with E-state index in [0.29, 0.717) is 0 Å². The molecule has 23 heavy (non-hydrogen) atoms. The quantitative estimate of drug-likeness (QED) is 0.142. The van der Waals surface area contributed by atoms with E-state index >= 15 is 0 Å². The minimum Gasteiger partial charge on any atom is -0.413 e. The van der Waals surface area contributed by atoms with Gasteiger partial charge >= 0.3 is 54.5 Å². The normalized spacial score (nSPS) is 19.3. The molecular formula is C3H20O14Si6. The van der Waals surface area contributed by atoms with Crippen LogP contribution < -0.4 is 0 Å². The van der Waals surface area contributed by atoms with Crippen molar-refractivity contribution in [1.29, 1.82) is 0 Å². The van der Waals surface area contributed by atoms with Crippen LogP contribution in [0.15, 0.2) is 0 Å². The lowest BCUT2D eigenvalue weighted by molar-refractivity contribution is 0.0260. The van der Waals surface area contributed by atoms with Gasteiger partial charge in [-0.2, -0.15) is 0 Å². The van der Waals surface area contributed by atoms with Gasteiger partial charge in [-0.1, -0.05) is 0 Å². The smallest absolute Gasteiger partial charge is 0.413 e. The van der Waals surface area contributed by atoms with Gasteiger partial charge < -0.3 is 63.7 Å². The Morgan fingerprint density at radius 3 is 1.52 bits per heavy atom. The molecule has 0 aliphatic carbocycles. The third-order valence-electron chi connectivity index (χ3n) is 1.48. The number of hydrogen-bond donors (Lipinski definition) is 9. The van der Waals surface area contributed by atoms with Crippen molar-refractivity contribution in [2.45, 2.75) is 19.6 Å². The lowest BCUT2D eigenvalue weighted by Gasteiger charge is -2.32. The van der Waals surface area contributed by atoms with E-state index in [4.69, 9.17) is 14.4 Å². The van der Waals surface area contributed by atoms with Gasteiger partial charge in [-0.25, -0.2) is 0 Å². The summed E-state index contributed by atoms with van der Waals surface area (Å²) in [6, 6.07) is 0. The van der Waals surface area contributed by atoms with Crippen molar-refractivity contribution < 1.29 is 63.7 Å². The zero-order valence-electron chi connectivity index (χ0n) is 12.2. The van der Waals surface area contributed by atoms with Gasteiger partial charge in [-0.15, -0.1) is 0 Å². The second-order valence-corrected chi connectivity index (χ2v) is 16.6. The van der Waals surface area contributed by atoms with E-state index in [9.17, 15) is 28.8 Å². The Bertz CT molecular complexity index is 365. The fraction of sp³-hybridized carbons (Fsp3) is 1.00.